The number of esters is 1. The third kappa shape index (κ3) is 8.53. The van der Waals surface area contributed by atoms with Crippen molar-refractivity contribution in [2.75, 3.05) is 28.2 Å². The van der Waals surface area contributed by atoms with Crippen LogP contribution in [-0.4, -0.2) is 76.6 Å². The molecule has 0 aliphatic rings. The second-order valence-corrected chi connectivity index (χ2v) is 6.88. The Labute approximate surface area is 193 Å². The summed E-state index contributed by atoms with van der Waals surface area (Å²) < 4.78 is 31.3. The first kappa shape index (κ1) is 25.7. The first-order chi connectivity index (χ1) is 16.2. The normalized spacial score (nSPS) is 10.6. The molecule has 0 atom stereocenters. The maximum atomic E-state index is 13.5. The molecule has 0 amide bonds. The maximum Gasteiger partial charge on any atom is 0.346 e. The van der Waals surface area contributed by atoms with E-state index < -0.39 is 23.3 Å². The van der Waals surface area contributed by atoms with Gasteiger partial charge in [0.15, 0.2) is 23.3 Å². The summed E-state index contributed by atoms with van der Waals surface area (Å²) in [6.07, 6.45) is 4.51. The van der Waals surface area contributed by atoms with E-state index in [0.29, 0.717) is 5.56 Å². The van der Waals surface area contributed by atoms with E-state index in [1.165, 1.54) is 12.7 Å². The fraction of sp³-hybridized carbons (Fsp3) is 0.190. The van der Waals surface area contributed by atoms with E-state index in [4.69, 9.17) is 4.74 Å². The van der Waals surface area contributed by atoms with Crippen molar-refractivity contribution in [3.63, 3.8) is 0 Å². The summed E-state index contributed by atoms with van der Waals surface area (Å²) in [4.78, 5) is 46.0. The van der Waals surface area contributed by atoms with E-state index in [-0.39, 0.29) is 17.6 Å². The number of carbonyl (C=O) groups is 1. The average Bonchev–Trinajstić information content (AvgIpc) is 2.80. The zero-order valence-corrected chi connectivity index (χ0v) is 18.8. The van der Waals surface area contributed by atoms with Gasteiger partial charge in [0.2, 0.25) is 0 Å². The molecule has 0 spiro atoms. The molecule has 2 aromatic heterocycles. The average molecular weight is 472 g/mol. The van der Waals surface area contributed by atoms with Gasteiger partial charge in [-0.1, -0.05) is 18.2 Å². The summed E-state index contributed by atoms with van der Waals surface area (Å²) in [6, 6.07) is 8.12. The van der Waals surface area contributed by atoms with Crippen LogP contribution in [-0.2, 0) is 0 Å². The lowest BCUT2D eigenvalue weighted by Gasteiger charge is -2.04. The number of nitrogens with one attached hydrogen (secondary N) is 1. The van der Waals surface area contributed by atoms with E-state index in [1.54, 1.807) is 68.3 Å². The van der Waals surface area contributed by atoms with Crippen LogP contribution in [0.5, 0.6) is 6.01 Å². The minimum Gasteiger partial charge on any atom is -0.387 e. The number of benzene rings is 1. The van der Waals surface area contributed by atoms with E-state index in [0.717, 1.165) is 12.4 Å². The van der Waals surface area contributed by atoms with E-state index in [2.05, 4.69) is 29.9 Å². The van der Waals surface area contributed by atoms with Gasteiger partial charge in [0.1, 0.15) is 0 Å². The van der Waals surface area contributed by atoms with Crippen LogP contribution in [0, 0.1) is 11.6 Å². The molecule has 178 valence electrons. The predicted octanol–water partition coefficient (Wildman–Crippen LogP) is 2.19. The zero-order valence-electron chi connectivity index (χ0n) is 18.8. The Morgan fingerprint density at radius 2 is 1.59 bits per heavy atom. The van der Waals surface area contributed by atoms with Gasteiger partial charge in [0.25, 0.3) is 0 Å². The summed E-state index contributed by atoms with van der Waals surface area (Å²) in [5.41, 5.74) is -0.268. The van der Waals surface area contributed by atoms with Gasteiger partial charge in [-0.25, -0.2) is 33.3 Å². The third-order valence-electron chi connectivity index (χ3n) is 3.47. The minimum atomic E-state index is -0.701. The summed E-state index contributed by atoms with van der Waals surface area (Å²) >= 11 is 0. The van der Waals surface area contributed by atoms with Crippen molar-refractivity contribution in [2.45, 2.75) is 0 Å². The fourth-order valence-electron chi connectivity index (χ4n) is 2.01. The smallest absolute Gasteiger partial charge is 0.346 e. The Morgan fingerprint density at radius 1 is 0.971 bits per heavy atom. The van der Waals surface area contributed by atoms with Gasteiger partial charge in [-0.2, -0.15) is 9.97 Å². The molecule has 0 saturated heterocycles. The van der Waals surface area contributed by atoms with Crippen molar-refractivity contribution < 1.29 is 18.3 Å². The minimum absolute atomic E-state index is 0.117. The number of ether oxygens (including phenoxy) is 1. The van der Waals surface area contributed by atoms with Crippen molar-refractivity contribution in [3.8, 4) is 6.01 Å². The number of rotatable bonds is 6. The SMILES string of the molecule is CN(C)C=Nc1[nH]c(=O)ncc1F.CN(C)C=Nc1nc(OC(=O)c2ccccc2)ncc1F. The van der Waals surface area contributed by atoms with Gasteiger partial charge in [-0.3, -0.25) is 4.98 Å². The van der Waals surface area contributed by atoms with Gasteiger partial charge < -0.3 is 14.5 Å². The lowest BCUT2D eigenvalue weighted by molar-refractivity contribution is 0.0719. The van der Waals surface area contributed by atoms with Gasteiger partial charge in [0.05, 0.1) is 30.6 Å². The molecule has 0 bridgehead atoms. The number of hydrogen-bond donors (Lipinski definition) is 1. The molecule has 3 rings (SSSR count). The third-order valence-corrected chi connectivity index (χ3v) is 3.47. The van der Waals surface area contributed by atoms with E-state index in [1.807, 2.05) is 0 Å². The number of aliphatic imine (C=N–C) groups is 2. The molecule has 13 heteroatoms. The molecule has 0 radical (unpaired) electrons. The largest absolute Gasteiger partial charge is 0.387 e. The highest BCUT2D eigenvalue weighted by Gasteiger charge is 2.12. The van der Waals surface area contributed by atoms with Gasteiger partial charge in [0, 0.05) is 28.2 Å². The summed E-state index contributed by atoms with van der Waals surface area (Å²) in [6.45, 7) is 0. The number of carbonyl (C=O) groups excluding carboxylic acids is 1. The lowest BCUT2D eigenvalue weighted by Crippen LogP contribution is -2.11. The Hall–Kier alpha value is -4.55. The second kappa shape index (κ2) is 12.5. The first-order valence-electron chi connectivity index (χ1n) is 9.61. The summed E-state index contributed by atoms with van der Waals surface area (Å²) in [5, 5.41) is 0. The number of halogens is 2. The molecule has 0 aliphatic carbocycles. The predicted molar refractivity (Wildman–Crippen MR) is 122 cm³/mol. The molecule has 0 aliphatic heterocycles. The van der Waals surface area contributed by atoms with Crippen LogP contribution in [0.1, 0.15) is 10.4 Å². The van der Waals surface area contributed by atoms with Crippen LogP contribution >= 0.6 is 0 Å². The molecule has 3 aromatic rings. The number of H-pyrrole nitrogens is 1. The highest BCUT2D eigenvalue weighted by Crippen LogP contribution is 2.17. The Kier molecular flexibility index (Phi) is 9.43. The number of aromatic nitrogens is 4. The molecule has 34 heavy (non-hydrogen) atoms. The van der Waals surface area contributed by atoms with Crippen molar-refractivity contribution in [1.82, 2.24) is 29.7 Å². The molecule has 1 N–H and O–H groups in total. The summed E-state index contributed by atoms with van der Waals surface area (Å²) in [7, 11) is 6.94. The number of nitrogens with zero attached hydrogens (tertiary/aromatic N) is 7. The zero-order chi connectivity index (χ0) is 25.1. The molecule has 0 saturated carbocycles. The van der Waals surface area contributed by atoms with Gasteiger partial charge in [-0.05, 0) is 12.1 Å². The fourth-order valence-corrected chi connectivity index (χ4v) is 2.01. The van der Waals surface area contributed by atoms with Crippen molar-refractivity contribution >= 4 is 30.3 Å². The second-order valence-electron chi connectivity index (χ2n) is 6.88. The molecule has 0 fully saturated rings. The molecular weight excluding hydrogens is 450 g/mol. The topological polar surface area (TPSA) is 129 Å². The van der Waals surface area contributed by atoms with Crippen molar-refractivity contribution in [1.29, 1.82) is 0 Å². The Balaban J connectivity index is 0.000000270. The van der Waals surface area contributed by atoms with Crippen molar-refractivity contribution in [2.24, 2.45) is 9.98 Å². The lowest BCUT2D eigenvalue weighted by atomic mass is 10.2. The van der Waals surface area contributed by atoms with Crippen molar-refractivity contribution in [3.05, 3.63) is 70.4 Å². The molecule has 1 aromatic carbocycles. The van der Waals surface area contributed by atoms with E-state index in [9.17, 15) is 18.4 Å². The first-order valence-corrected chi connectivity index (χ1v) is 9.61. The van der Waals surface area contributed by atoms with Crippen LogP contribution in [0.4, 0.5) is 20.4 Å². The van der Waals surface area contributed by atoms with Crippen LogP contribution in [0.2, 0.25) is 0 Å². The van der Waals surface area contributed by atoms with Gasteiger partial charge >= 0.3 is 17.7 Å². The highest BCUT2D eigenvalue weighted by molar-refractivity contribution is 5.90. The van der Waals surface area contributed by atoms with E-state index >= 15 is 0 Å². The Bertz CT molecular complexity index is 1210. The molecule has 11 nitrogen and oxygen atoms in total. The quantitative estimate of drug-likeness (QED) is 0.328. The van der Waals surface area contributed by atoms with Crippen LogP contribution in [0.15, 0.2) is 57.5 Å². The summed E-state index contributed by atoms with van der Waals surface area (Å²) in [5.74, 6) is -2.29. The molecular formula is C21H22F2N8O3. The van der Waals surface area contributed by atoms with Crippen LogP contribution < -0.4 is 10.4 Å². The van der Waals surface area contributed by atoms with Crippen LogP contribution in [0.3, 0.4) is 0 Å². The maximum absolute atomic E-state index is 13.5. The molecule has 2 heterocycles. The number of hydrogen-bond acceptors (Lipinski definition) is 8. The Morgan fingerprint density at radius 3 is 2.24 bits per heavy atom. The molecule has 0 unspecified atom stereocenters. The standard InChI is InChI=1S/C14H13FN4O2.C7H9FN4O/c1-19(2)9-17-12-11(15)8-16-14(18-12)21-13(20)10-6-4-3-5-7-10;1-12(2)4-10-6-5(8)3-9-7(13)11-6/h3-9H,1-2H3;3-4H,1-2H3,(H,9,11,13). The highest BCUT2D eigenvalue weighted by atomic mass is 19.1. The van der Waals surface area contributed by atoms with Crippen LogP contribution in [0.25, 0.3) is 0 Å². The monoisotopic (exact) mass is 472 g/mol. The number of aromatic amines is 1. The van der Waals surface area contributed by atoms with Gasteiger partial charge in [-0.15, -0.1) is 0 Å².